The fourth-order valence-corrected chi connectivity index (χ4v) is 16.7. The molecular formula is C34H18Br2O4S8. The zero-order chi connectivity index (χ0) is 32.8. The van der Waals surface area contributed by atoms with Gasteiger partial charge in [0.25, 0.3) is 0 Å². The molecule has 10 rings (SSSR count). The van der Waals surface area contributed by atoms with E-state index in [1.807, 2.05) is 37.3 Å². The third-order valence-corrected chi connectivity index (χ3v) is 18.2. The lowest BCUT2D eigenvalue weighted by Crippen LogP contribution is -2.01. The second-order valence-electron chi connectivity index (χ2n) is 10.6. The Bertz CT molecular complexity index is 2900. The molecule has 10 aromatic rings. The summed E-state index contributed by atoms with van der Waals surface area (Å²) in [5.41, 5.74) is 0. The molecule has 0 amide bonds. The molecule has 0 saturated heterocycles. The molecule has 0 unspecified atom stereocenters. The normalized spacial score (nSPS) is 12.1. The van der Waals surface area contributed by atoms with Crippen LogP contribution in [0.4, 0.5) is 0 Å². The minimum atomic E-state index is -0.230. The average molecular weight is 907 g/mol. The Morgan fingerprint density at radius 2 is 1.02 bits per heavy atom. The zero-order valence-corrected chi connectivity index (χ0v) is 34.4. The van der Waals surface area contributed by atoms with Crippen LogP contribution < -0.4 is 0 Å². The predicted molar refractivity (Wildman–Crippen MR) is 223 cm³/mol. The van der Waals surface area contributed by atoms with E-state index in [0.717, 1.165) is 12.3 Å². The molecule has 4 nitrogen and oxygen atoms in total. The maximum Gasteiger partial charge on any atom is 0.348 e. The Hall–Kier alpha value is -1.98. The van der Waals surface area contributed by atoms with Gasteiger partial charge < -0.3 is 9.47 Å². The molecule has 0 bridgehead atoms. The Morgan fingerprint density at radius 1 is 0.542 bits per heavy atom. The van der Waals surface area contributed by atoms with Crippen LogP contribution in [-0.4, -0.2) is 25.2 Å². The third-order valence-electron chi connectivity index (χ3n) is 7.86. The van der Waals surface area contributed by atoms with Gasteiger partial charge in [0, 0.05) is 51.1 Å². The van der Waals surface area contributed by atoms with E-state index in [2.05, 4.69) is 66.9 Å². The average Bonchev–Trinajstić information content (AvgIpc) is 3.88. The molecule has 0 fully saturated rings. The van der Waals surface area contributed by atoms with E-state index in [0.29, 0.717) is 23.0 Å². The highest BCUT2D eigenvalue weighted by atomic mass is 79.9. The second kappa shape index (κ2) is 12.4. The van der Waals surface area contributed by atoms with E-state index < -0.39 is 0 Å². The lowest BCUT2D eigenvalue weighted by Gasteiger charge is -1.99. The van der Waals surface area contributed by atoms with E-state index >= 15 is 0 Å². The first-order valence-electron chi connectivity index (χ1n) is 14.6. The Morgan fingerprint density at radius 3 is 1.60 bits per heavy atom. The van der Waals surface area contributed by atoms with Crippen molar-refractivity contribution in [2.45, 2.75) is 13.8 Å². The Balaban J connectivity index is 0.000000131. The summed E-state index contributed by atoms with van der Waals surface area (Å²) in [5.74, 6) is -0.446. The summed E-state index contributed by atoms with van der Waals surface area (Å²) in [5, 5.41) is 12.1. The van der Waals surface area contributed by atoms with E-state index in [1.54, 1.807) is 68.0 Å². The van der Waals surface area contributed by atoms with Gasteiger partial charge in [0.1, 0.15) is 9.75 Å². The lowest BCUT2D eigenvalue weighted by atomic mass is 10.1. The maximum absolute atomic E-state index is 12.1. The van der Waals surface area contributed by atoms with Crippen molar-refractivity contribution in [1.29, 1.82) is 0 Å². The predicted octanol–water partition coefficient (Wildman–Crippen LogP) is 15.0. The largest absolute Gasteiger partial charge is 0.462 e. The van der Waals surface area contributed by atoms with Gasteiger partial charge in [-0.2, -0.15) is 0 Å². The van der Waals surface area contributed by atoms with E-state index in [1.165, 1.54) is 86.0 Å². The standard InChI is InChI=1S/C17H8Br2O2S4.C17H10O2S4/c1-2-21-17(20)9-5-8-16(23-9)12-6-3-10(18)24-14(6)15-7(13(12)22-8)4-11(19)25-15;1-2-19-17(18)11-7-10-16(23-11)12-8-3-5-20-14(8)15-9(4-6-21-15)13(12)22-10/h3-5H,2H2,1H3;3-7H,2H2,1H3. The molecule has 0 aliphatic carbocycles. The summed E-state index contributed by atoms with van der Waals surface area (Å²) in [6.45, 7) is 4.48. The fraction of sp³-hybridized carbons (Fsp3) is 0.118. The molecule has 14 heteroatoms. The van der Waals surface area contributed by atoms with Crippen LogP contribution in [0.2, 0.25) is 0 Å². The first-order chi connectivity index (χ1) is 23.3. The number of fused-ring (bicyclic) bond motifs is 16. The van der Waals surface area contributed by atoms with E-state index in [4.69, 9.17) is 9.47 Å². The minimum absolute atomic E-state index is 0.216. The van der Waals surface area contributed by atoms with Crippen LogP contribution in [0.1, 0.15) is 33.2 Å². The van der Waals surface area contributed by atoms with Gasteiger partial charge in [-0.3, -0.25) is 0 Å². The number of benzene rings is 2. The van der Waals surface area contributed by atoms with Crippen molar-refractivity contribution in [2.75, 3.05) is 13.2 Å². The van der Waals surface area contributed by atoms with Crippen LogP contribution in [0.3, 0.4) is 0 Å². The molecule has 0 radical (unpaired) electrons. The van der Waals surface area contributed by atoms with E-state index in [9.17, 15) is 9.59 Å². The molecule has 8 heterocycles. The summed E-state index contributed by atoms with van der Waals surface area (Å²) in [6, 6.07) is 12.8. The molecule has 48 heavy (non-hydrogen) atoms. The van der Waals surface area contributed by atoms with Crippen molar-refractivity contribution in [3.05, 3.63) is 64.5 Å². The fourth-order valence-electron chi connectivity index (χ4n) is 6.01. The molecule has 0 spiro atoms. The van der Waals surface area contributed by atoms with Gasteiger partial charge in [-0.05, 0) is 92.9 Å². The molecule has 0 saturated carbocycles. The second-order valence-corrected chi connectivity index (χ2v) is 21.5. The summed E-state index contributed by atoms with van der Waals surface area (Å²) in [6.07, 6.45) is 0. The van der Waals surface area contributed by atoms with Gasteiger partial charge in [-0.15, -0.1) is 90.7 Å². The quantitative estimate of drug-likeness (QED) is 0.165. The molecule has 8 aromatic heterocycles. The van der Waals surface area contributed by atoms with Crippen molar-refractivity contribution >= 4 is 214 Å². The molecule has 240 valence electrons. The van der Waals surface area contributed by atoms with Gasteiger partial charge in [-0.1, -0.05) is 0 Å². The SMILES string of the molecule is CCOC(=O)c1cc2sc3c4cc(Br)sc4c4sc(Br)cc4c3c2s1.CCOC(=O)c1cc2sc3c4ccsc4c4sccc4c3c2s1. The summed E-state index contributed by atoms with van der Waals surface area (Å²) in [7, 11) is 0. The molecule has 0 N–H and O–H groups in total. The number of hydrogen-bond acceptors (Lipinski definition) is 12. The van der Waals surface area contributed by atoms with Crippen molar-refractivity contribution in [2.24, 2.45) is 0 Å². The molecule has 2 aromatic carbocycles. The van der Waals surface area contributed by atoms with Crippen LogP contribution >= 0.6 is 123 Å². The van der Waals surface area contributed by atoms with Crippen molar-refractivity contribution in [3.63, 3.8) is 0 Å². The van der Waals surface area contributed by atoms with Gasteiger partial charge in [-0.25, -0.2) is 9.59 Å². The molecular weight excluding hydrogens is 889 g/mol. The Labute approximate surface area is 321 Å². The van der Waals surface area contributed by atoms with Gasteiger partial charge in [0.2, 0.25) is 0 Å². The molecule has 0 aliphatic rings. The Kier molecular flexibility index (Phi) is 8.23. The topological polar surface area (TPSA) is 52.6 Å². The number of rotatable bonds is 4. The number of carbonyl (C=O) groups is 2. The van der Waals surface area contributed by atoms with E-state index in [-0.39, 0.29) is 11.9 Å². The first-order valence-corrected chi connectivity index (χ1v) is 22.8. The maximum atomic E-state index is 12.1. The summed E-state index contributed by atoms with van der Waals surface area (Å²) >= 11 is 21.1. The highest BCUT2D eigenvalue weighted by molar-refractivity contribution is 9.11. The molecule has 0 aliphatic heterocycles. The van der Waals surface area contributed by atoms with Crippen LogP contribution in [0.25, 0.3) is 79.3 Å². The summed E-state index contributed by atoms with van der Waals surface area (Å²) in [4.78, 5) is 25.5. The lowest BCUT2D eigenvalue weighted by molar-refractivity contribution is 0.0522. The van der Waals surface area contributed by atoms with Crippen LogP contribution in [0.15, 0.2) is 54.7 Å². The van der Waals surface area contributed by atoms with Crippen molar-refractivity contribution < 1.29 is 19.1 Å². The summed E-state index contributed by atoms with van der Waals surface area (Å²) < 4.78 is 25.3. The highest BCUT2D eigenvalue weighted by Gasteiger charge is 2.22. The zero-order valence-electron chi connectivity index (χ0n) is 24.7. The van der Waals surface area contributed by atoms with Gasteiger partial charge in [0.05, 0.1) is 49.0 Å². The number of hydrogen-bond donors (Lipinski definition) is 0. The monoisotopic (exact) mass is 904 g/mol. The minimum Gasteiger partial charge on any atom is -0.462 e. The number of esters is 2. The highest BCUT2D eigenvalue weighted by Crippen LogP contribution is 2.52. The van der Waals surface area contributed by atoms with Crippen molar-refractivity contribution in [1.82, 2.24) is 0 Å². The van der Waals surface area contributed by atoms with Crippen molar-refractivity contribution in [3.8, 4) is 0 Å². The van der Waals surface area contributed by atoms with Gasteiger partial charge >= 0.3 is 11.9 Å². The first kappa shape index (κ1) is 32.0. The number of halogens is 2. The molecule has 0 atom stereocenters. The smallest absolute Gasteiger partial charge is 0.348 e. The third kappa shape index (κ3) is 4.97. The van der Waals surface area contributed by atoms with Crippen LogP contribution in [0.5, 0.6) is 0 Å². The number of thiophene rings is 8. The van der Waals surface area contributed by atoms with Gasteiger partial charge in [0.15, 0.2) is 0 Å². The number of carbonyl (C=O) groups excluding carboxylic acids is 2. The van der Waals surface area contributed by atoms with Crippen LogP contribution in [0, 0.1) is 0 Å². The number of ether oxygens (including phenoxy) is 2. The van der Waals surface area contributed by atoms with Crippen LogP contribution in [-0.2, 0) is 9.47 Å².